The Morgan fingerprint density at radius 3 is 3.00 bits per heavy atom. The van der Waals surface area contributed by atoms with E-state index in [4.69, 9.17) is 0 Å². The molecule has 0 radical (unpaired) electrons. The van der Waals surface area contributed by atoms with Crippen molar-refractivity contribution in [2.45, 2.75) is 19.6 Å². The van der Waals surface area contributed by atoms with Crippen LogP contribution in [0.1, 0.15) is 17.3 Å². The van der Waals surface area contributed by atoms with Crippen LogP contribution in [0.3, 0.4) is 0 Å². The van der Waals surface area contributed by atoms with E-state index in [1.807, 2.05) is 17.5 Å². The van der Waals surface area contributed by atoms with Gasteiger partial charge in [-0.05, 0) is 11.4 Å². The highest BCUT2D eigenvalue weighted by atomic mass is 32.1. The van der Waals surface area contributed by atoms with Gasteiger partial charge in [-0.3, -0.25) is 4.57 Å². The molecule has 0 saturated carbocycles. The summed E-state index contributed by atoms with van der Waals surface area (Å²) < 4.78 is 25.8. The van der Waals surface area contributed by atoms with Gasteiger partial charge in [0.15, 0.2) is 0 Å². The first-order chi connectivity index (χ1) is 7.77. The summed E-state index contributed by atoms with van der Waals surface area (Å²) in [5.41, 5.74) is 0. The number of hydrogen-bond donors (Lipinski definition) is 1. The van der Waals surface area contributed by atoms with E-state index in [0.717, 1.165) is 4.57 Å². The van der Waals surface area contributed by atoms with E-state index < -0.39 is 6.55 Å². The van der Waals surface area contributed by atoms with Crippen molar-refractivity contribution in [3.8, 4) is 0 Å². The number of imidazole rings is 1. The Morgan fingerprint density at radius 1 is 1.44 bits per heavy atom. The second-order valence-corrected chi connectivity index (χ2v) is 4.24. The summed E-state index contributed by atoms with van der Waals surface area (Å²) >= 11 is 1.63. The Kier molecular flexibility index (Phi) is 3.63. The largest absolute Gasteiger partial charge is 0.319 e. The van der Waals surface area contributed by atoms with Gasteiger partial charge in [0, 0.05) is 23.8 Å². The lowest BCUT2D eigenvalue weighted by atomic mass is 10.4. The molecule has 1 N–H and O–H groups in total. The molecule has 16 heavy (non-hydrogen) atoms. The molecule has 0 amide bonds. The fourth-order valence-corrected chi connectivity index (χ4v) is 2.04. The molecule has 0 aliphatic carbocycles. The molecule has 6 heteroatoms. The SMILES string of the molecule is FC(F)n1ccnc1CNCc1cccs1. The van der Waals surface area contributed by atoms with Crippen LogP contribution in [0.2, 0.25) is 0 Å². The third-order valence-electron chi connectivity index (χ3n) is 2.12. The average Bonchev–Trinajstić information content (AvgIpc) is 2.87. The highest BCUT2D eigenvalue weighted by molar-refractivity contribution is 7.09. The van der Waals surface area contributed by atoms with Crippen LogP contribution in [-0.2, 0) is 13.1 Å². The second-order valence-electron chi connectivity index (χ2n) is 3.21. The van der Waals surface area contributed by atoms with E-state index in [2.05, 4.69) is 10.3 Å². The highest BCUT2D eigenvalue weighted by Crippen LogP contribution is 2.12. The van der Waals surface area contributed by atoms with Gasteiger partial charge >= 0.3 is 6.55 Å². The van der Waals surface area contributed by atoms with Crippen molar-refractivity contribution >= 4 is 11.3 Å². The van der Waals surface area contributed by atoms with Crippen molar-refractivity contribution in [1.29, 1.82) is 0 Å². The summed E-state index contributed by atoms with van der Waals surface area (Å²) in [5.74, 6) is 0.353. The molecule has 0 unspecified atom stereocenters. The zero-order chi connectivity index (χ0) is 11.4. The van der Waals surface area contributed by atoms with Crippen LogP contribution in [-0.4, -0.2) is 9.55 Å². The van der Waals surface area contributed by atoms with Gasteiger partial charge in [0.1, 0.15) is 5.82 Å². The van der Waals surface area contributed by atoms with E-state index >= 15 is 0 Å². The van der Waals surface area contributed by atoms with E-state index in [-0.39, 0.29) is 0 Å². The monoisotopic (exact) mass is 243 g/mol. The van der Waals surface area contributed by atoms with Crippen LogP contribution in [0, 0.1) is 0 Å². The zero-order valence-corrected chi connectivity index (χ0v) is 9.25. The van der Waals surface area contributed by atoms with E-state index in [1.54, 1.807) is 11.3 Å². The van der Waals surface area contributed by atoms with Gasteiger partial charge in [0.05, 0.1) is 6.54 Å². The summed E-state index contributed by atoms with van der Waals surface area (Å²) in [6.45, 7) is -1.51. The zero-order valence-electron chi connectivity index (χ0n) is 8.44. The third kappa shape index (κ3) is 2.65. The van der Waals surface area contributed by atoms with Gasteiger partial charge in [-0.25, -0.2) is 4.98 Å². The van der Waals surface area contributed by atoms with Gasteiger partial charge in [0.2, 0.25) is 0 Å². The summed E-state index contributed by atoms with van der Waals surface area (Å²) in [4.78, 5) is 5.06. The predicted octanol–water partition coefficient (Wildman–Crippen LogP) is 2.63. The predicted molar refractivity (Wildman–Crippen MR) is 58.3 cm³/mol. The number of rotatable bonds is 5. The first-order valence-corrected chi connectivity index (χ1v) is 5.68. The molecule has 0 bridgehead atoms. The Hall–Kier alpha value is -1.27. The van der Waals surface area contributed by atoms with E-state index in [1.165, 1.54) is 17.3 Å². The average molecular weight is 243 g/mol. The first kappa shape index (κ1) is 11.2. The Morgan fingerprint density at radius 2 is 2.31 bits per heavy atom. The second kappa shape index (κ2) is 5.18. The van der Waals surface area contributed by atoms with Crippen molar-refractivity contribution in [2.24, 2.45) is 0 Å². The molecular formula is C10H11F2N3S. The first-order valence-electron chi connectivity index (χ1n) is 4.80. The topological polar surface area (TPSA) is 29.9 Å². The van der Waals surface area contributed by atoms with Crippen molar-refractivity contribution in [3.05, 3.63) is 40.6 Å². The molecule has 2 heterocycles. The molecule has 0 aromatic carbocycles. The lowest BCUT2D eigenvalue weighted by Gasteiger charge is -2.06. The quantitative estimate of drug-likeness (QED) is 0.874. The molecule has 2 aromatic rings. The van der Waals surface area contributed by atoms with E-state index in [9.17, 15) is 8.78 Å². The van der Waals surface area contributed by atoms with Crippen molar-refractivity contribution in [3.63, 3.8) is 0 Å². The minimum Gasteiger partial charge on any atom is -0.305 e. The number of nitrogens with zero attached hydrogens (tertiary/aromatic N) is 2. The third-order valence-corrected chi connectivity index (χ3v) is 3.00. The molecule has 0 spiro atoms. The normalized spacial score (nSPS) is 11.2. The molecule has 2 aromatic heterocycles. The molecule has 86 valence electrons. The Bertz CT molecular complexity index is 425. The summed E-state index contributed by atoms with van der Waals surface area (Å²) in [5, 5.41) is 5.06. The summed E-state index contributed by atoms with van der Waals surface area (Å²) in [6.07, 6.45) is 2.67. The highest BCUT2D eigenvalue weighted by Gasteiger charge is 2.10. The van der Waals surface area contributed by atoms with Gasteiger partial charge in [0.25, 0.3) is 0 Å². The van der Waals surface area contributed by atoms with Crippen LogP contribution in [0.5, 0.6) is 0 Å². The number of hydrogen-bond acceptors (Lipinski definition) is 3. The minimum atomic E-state index is -2.53. The molecule has 0 aliphatic rings. The molecule has 0 saturated heterocycles. The molecule has 0 aliphatic heterocycles. The fourth-order valence-electron chi connectivity index (χ4n) is 1.37. The van der Waals surface area contributed by atoms with Crippen LogP contribution >= 0.6 is 11.3 Å². The van der Waals surface area contributed by atoms with Crippen molar-refractivity contribution in [2.75, 3.05) is 0 Å². The molecule has 3 nitrogen and oxygen atoms in total. The minimum absolute atomic E-state index is 0.342. The van der Waals surface area contributed by atoms with Crippen molar-refractivity contribution < 1.29 is 8.78 Å². The Labute approximate surface area is 95.7 Å². The van der Waals surface area contributed by atoms with Crippen molar-refractivity contribution in [1.82, 2.24) is 14.9 Å². The number of alkyl halides is 2. The van der Waals surface area contributed by atoms with Crippen LogP contribution in [0.4, 0.5) is 8.78 Å². The molecule has 0 fully saturated rings. The Balaban J connectivity index is 1.87. The lowest BCUT2D eigenvalue weighted by Crippen LogP contribution is -2.16. The van der Waals surface area contributed by atoms with Crippen LogP contribution in [0.25, 0.3) is 0 Å². The summed E-state index contributed by atoms with van der Waals surface area (Å²) in [6, 6.07) is 3.96. The molecule has 2 rings (SSSR count). The lowest BCUT2D eigenvalue weighted by molar-refractivity contribution is 0.0666. The molecular weight excluding hydrogens is 232 g/mol. The van der Waals surface area contributed by atoms with Crippen LogP contribution in [0.15, 0.2) is 29.9 Å². The number of nitrogens with one attached hydrogen (secondary N) is 1. The maximum Gasteiger partial charge on any atom is 0.319 e. The number of halogens is 2. The van der Waals surface area contributed by atoms with Gasteiger partial charge < -0.3 is 5.32 Å². The summed E-state index contributed by atoms with van der Waals surface area (Å²) in [7, 11) is 0. The smallest absolute Gasteiger partial charge is 0.305 e. The maximum absolute atomic E-state index is 12.5. The van der Waals surface area contributed by atoms with Gasteiger partial charge in [-0.2, -0.15) is 8.78 Å². The fraction of sp³-hybridized carbons (Fsp3) is 0.300. The number of thiophene rings is 1. The van der Waals surface area contributed by atoms with Gasteiger partial charge in [-0.15, -0.1) is 11.3 Å². The standard InChI is InChI=1S/C10H11F2N3S/c11-10(12)15-4-3-14-9(15)7-13-6-8-2-1-5-16-8/h1-5,10,13H,6-7H2. The van der Waals surface area contributed by atoms with E-state index in [0.29, 0.717) is 18.9 Å². The number of aromatic nitrogens is 2. The van der Waals surface area contributed by atoms with Crippen LogP contribution < -0.4 is 5.32 Å². The molecule has 0 atom stereocenters. The van der Waals surface area contributed by atoms with Gasteiger partial charge in [-0.1, -0.05) is 6.07 Å². The maximum atomic E-state index is 12.5.